The van der Waals surface area contributed by atoms with Crippen molar-refractivity contribution in [2.45, 2.75) is 18.6 Å². The molecule has 0 bridgehead atoms. The van der Waals surface area contributed by atoms with Crippen molar-refractivity contribution < 1.29 is 30.3 Å². The summed E-state index contributed by atoms with van der Waals surface area (Å²) < 4.78 is 5.41. The lowest BCUT2D eigenvalue weighted by Crippen LogP contribution is -2.30. The molecule has 2 aromatic carbocycles. The maximum Gasteiger partial charge on any atom is 0.157 e. The van der Waals surface area contributed by atoms with Gasteiger partial charge in [0.05, 0.1) is 6.61 Å². The average molecular weight is 304 g/mol. The topological polar surface area (TPSA) is 110 Å². The summed E-state index contributed by atoms with van der Waals surface area (Å²) >= 11 is 0. The van der Waals surface area contributed by atoms with Crippen molar-refractivity contribution in [1.29, 1.82) is 0 Å². The fraction of sp³-hybridized carbons (Fsp3) is 0.250. The number of hydrogen-bond donors (Lipinski definition) is 5. The predicted molar refractivity (Wildman–Crippen MR) is 76.9 cm³/mol. The molecular formula is C16H16O6. The Balaban J connectivity index is 1.99. The van der Waals surface area contributed by atoms with Crippen LogP contribution in [0.5, 0.6) is 23.0 Å². The first-order valence-electron chi connectivity index (χ1n) is 6.76. The minimum Gasteiger partial charge on any atom is -0.508 e. The lowest BCUT2D eigenvalue weighted by atomic mass is 9.87. The van der Waals surface area contributed by atoms with Gasteiger partial charge in [-0.05, 0) is 35.4 Å². The van der Waals surface area contributed by atoms with Crippen LogP contribution in [0, 0.1) is 0 Å². The molecule has 5 N–H and O–H groups in total. The van der Waals surface area contributed by atoms with Crippen LogP contribution in [0.25, 0.3) is 0 Å². The van der Waals surface area contributed by atoms with Gasteiger partial charge in [0.2, 0.25) is 0 Å². The summed E-state index contributed by atoms with van der Waals surface area (Å²) in [5, 5.41) is 48.8. The fourth-order valence-electron chi connectivity index (χ4n) is 2.73. The minimum absolute atomic E-state index is 0.00169. The molecule has 2 aromatic rings. The Kier molecular flexibility index (Phi) is 3.35. The zero-order valence-corrected chi connectivity index (χ0v) is 11.7. The molecule has 1 heterocycles. The molecule has 1 aliphatic rings. The van der Waals surface area contributed by atoms with E-state index in [1.165, 1.54) is 24.3 Å². The monoisotopic (exact) mass is 304 g/mol. The predicted octanol–water partition coefficient (Wildman–Crippen LogP) is 1.12. The minimum atomic E-state index is -1.34. The van der Waals surface area contributed by atoms with Crippen LogP contribution in [-0.4, -0.2) is 32.1 Å². The molecule has 0 radical (unpaired) electrons. The molecule has 0 saturated carbocycles. The van der Waals surface area contributed by atoms with Crippen molar-refractivity contribution in [3.63, 3.8) is 0 Å². The van der Waals surface area contributed by atoms with Gasteiger partial charge in [-0.3, -0.25) is 0 Å². The van der Waals surface area contributed by atoms with Gasteiger partial charge in [-0.15, -0.1) is 0 Å². The summed E-state index contributed by atoms with van der Waals surface area (Å²) in [7, 11) is 0. The van der Waals surface area contributed by atoms with Gasteiger partial charge in [0.15, 0.2) is 11.5 Å². The number of rotatable bonds is 3. The van der Waals surface area contributed by atoms with Crippen LogP contribution in [-0.2, 0) is 18.6 Å². The van der Waals surface area contributed by atoms with Crippen molar-refractivity contribution in [2.75, 3.05) is 6.61 Å². The van der Waals surface area contributed by atoms with Crippen molar-refractivity contribution in [2.24, 2.45) is 0 Å². The highest BCUT2D eigenvalue weighted by Crippen LogP contribution is 2.42. The molecule has 0 saturated heterocycles. The van der Waals surface area contributed by atoms with Gasteiger partial charge in [0.25, 0.3) is 0 Å². The zero-order chi connectivity index (χ0) is 15.9. The van der Waals surface area contributed by atoms with Crippen LogP contribution in [0.4, 0.5) is 0 Å². The Morgan fingerprint density at radius 1 is 1.00 bits per heavy atom. The molecule has 0 fully saturated rings. The number of benzene rings is 2. The highest BCUT2D eigenvalue weighted by molar-refractivity contribution is 5.50. The van der Waals surface area contributed by atoms with Crippen LogP contribution in [0.3, 0.4) is 0 Å². The van der Waals surface area contributed by atoms with E-state index in [-0.39, 0.29) is 36.9 Å². The van der Waals surface area contributed by atoms with Crippen LogP contribution < -0.4 is 4.74 Å². The highest BCUT2D eigenvalue weighted by Gasteiger charge is 2.39. The van der Waals surface area contributed by atoms with E-state index in [9.17, 15) is 25.5 Å². The Morgan fingerprint density at radius 3 is 2.36 bits per heavy atom. The Bertz CT molecular complexity index is 727. The van der Waals surface area contributed by atoms with E-state index < -0.39 is 5.60 Å². The standard InChI is InChI=1S/C16H16O6/c17-7-10-4-14(20)13(19)3-9(10)6-16(21)8-22-15-5-11(18)1-2-12(15)16/h1-5,17-21H,6-8H2. The number of phenolic OH excluding ortho intramolecular Hbond substituents is 3. The van der Waals surface area contributed by atoms with Gasteiger partial charge in [-0.1, -0.05) is 0 Å². The smallest absolute Gasteiger partial charge is 0.157 e. The molecule has 1 unspecified atom stereocenters. The number of aromatic hydroxyl groups is 3. The molecule has 3 rings (SSSR count). The lowest BCUT2D eigenvalue weighted by molar-refractivity contribution is 0.0163. The van der Waals surface area contributed by atoms with Crippen molar-refractivity contribution in [3.05, 3.63) is 47.0 Å². The average Bonchev–Trinajstić information content (AvgIpc) is 2.79. The normalized spacial score (nSPS) is 19.7. The maximum absolute atomic E-state index is 10.8. The molecule has 0 amide bonds. The molecule has 1 aliphatic heterocycles. The van der Waals surface area contributed by atoms with Gasteiger partial charge in [0.1, 0.15) is 23.7 Å². The quantitative estimate of drug-likeness (QED) is 0.544. The Hall–Kier alpha value is -2.44. The molecule has 116 valence electrons. The number of hydrogen-bond acceptors (Lipinski definition) is 6. The summed E-state index contributed by atoms with van der Waals surface area (Å²) in [4.78, 5) is 0. The van der Waals surface area contributed by atoms with E-state index in [0.717, 1.165) is 0 Å². The summed E-state index contributed by atoms with van der Waals surface area (Å²) in [6, 6.07) is 7.05. The first-order chi connectivity index (χ1) is 10.4. The maximum atomic E-state index is 10.8. The SMILES string of the molecule is OCc1cc(O)c(O)cc1CC1(O)COc2cc(O)ccc21. The summed E-state index contributed by atoms with van der Waals surface area (Å²) in [5.41, 5.74) is 0.110. The summed E-state index contributed by atoms with van der Waals surface area (Å²) in [5.74, 6) is -0.203. The molecular weight excluding hydrogens is 288 g/mol. The third-order valence-electron chi connectivity index (χ3n) is 3.88. The summed E-state index contributed by atoms with van der Waals surface area (Å²) in [6.45, 7) is -0.333. The second-order valence-electron chi connectivity index (χ2n) is 5.45. The Labute approximate surface area is 126 Å². The third-order valence-corrected chi connectivity index (χ3v) is 3.88. The summed E-state index contributed by atoms with van der Waals surface area (Å²) in [6.07, 6.45) is 0.0918. The van der Waals surface area contributed by atoms with Gasteiger partial charge in [-0.2, -0.15) is 0 Å². The zero-order valence-electron chi connectivity index (χ0n) is 11.7. The molecule has 0 spiro atoms. The number of aliphatic hydroxyl groups excluding tert-OH is 1. The molecule has 0 aliphatic carbocycles. The molecule has 22 heavy (non-hydrogen) atoms. The number of phenols is 3. The largest absolute Gasteiger partial charge is 0.508 e. The Morgan fingerprint density at radius 2 is 1.68 bits per heavy atom. The lowest BCUT2D eigenvalue weighted by Gasteiger charge is -2.23. The van der Waals surface area contributed by atoms with E-state index in [4.69, 9.17) is 4.74 Å². The first-order valence-corrected chi connectivity index (χ1v) is 6.76. The van der Waals surface area contributed by atoms with Gasteiger partial charge >= 0.3 is 0 Å². The van der Waals surface area contributed by atoms with E-state index in [0.29, 0.717) is 22.4 Å². The van der Waals surface area contributed by atoms with Crippen LogP contribution in [0.1, 0.15) is 16.7 Å². The molecule has 6 nitrogen and oxygen atoms in total. The van der Waals surface area contributed by atoms with Gasteiger partial charge < -0.3 is 30.3 Å². The van der Waals surface area contributed by atoms with Crippen LogP contribution in [0.2, 0.25) is 0 Å². The van der Waals surface area contributed by atoms with Crippen LogP contribution >= 0.6 is 0 Å². The number of fused-ring (bicyclic) bond motifs is 1. The van der Waals surface area contributed by atoms with E-state index >= 15 is 0 Å². The fourth-order valence-corrected chi connectivity index (χ4v) is 2.73. The van der Waals surface area contributed by atoms with E-state index in [1.807, 2.05) is 0 Å². The molecule has 0 aromatic heterocycles. The van der Waals surface area contributed by atoms with Crippen LogP contribution in [0.15, 0.2) is 30.3 Å². The van der Waals surface area contributed by atoms with Gasteiger partial charge in [0, 0.05) is 18.1 Å². The van der Waals surface area contributed by atoms with Crippen molar-refractivity contribution in [1.82, 2.24) is 0 Å². The highest BCUT2D eigenvalue weighted by atomic mass is 16.5. The molecule has 1 atom stereocenters. The first kappa shape index (κ1) is 14.5. The van der Waals surface area contributed by atoms with E-state index in [1.54, 1.807) is 6.07 Å². The number of aliphatic hydroxyl groups is 2. The third kappa shape index (κ3) is 2.32. The van der Waals surface area contributed by atoms with E-state index in [2.05, 4.69) is 0 Å². The molecule has 6 heteroatoms. The second-order valence-corrected chi connectivity index (χ2v) is 5.45. The second kappa shape index (κ2) is 5.08. The number of ether oxygens (including phenoxy) is 1. The van der Waals surface area contributed by atoms with Crippen molar-refractivity contribution >= 4 is 0 Å². The van der Waals surface area contributed by atoms with Gasteiger partial charge in [-0.25, -0.2) is 0 Å². The van der Waals surface area contributed by atoms with Crippen molar-refractivity contribution in [3.8, 4) is 23.0 Å².